The minimum absolute atomic E-state index is 0.112. The number of ether oxygens (including phenoxy) is 1. The Kier molecular flexibility index (Phi) is 7.39. The van der Waals surface area contributed by atoms with Crippen molar-refractivity contribution in [2.45, 2.75) is 38.5 Å². The maximum atomic E-state index is 6.43. The molecule has 2 aliphatic rings. The Labute approximate surface area is 295 Å². The highest BCUT2D eigenvalue weighted by atomic mass is 16.5. The number of nitrogens with zero attached hydrogens (tertiary/aromatic N) is 1. The molecule has 7 aromatic carbocycles. The van der Waals surface area contributed by atoms with Crippen LogP contribution in [0.3, 0.4) is 0 Å². The maximum absolute atomic E-state index is 6.43. The summed E-state index contributed by atoms with van der Waals surface area (Å²) in [5, 5.41) is 0. The van der Waals surface area contributed by atoms with Gasteiger partial charge in [0.25, 0.3) is 0 Å². The molecule has 50 heavy (non-hydrogen) atoms. The van der Waals surface area contributed by atoms with Crippen LogP contribution >= 0.6 is 0 Å². The normalized spacial score (nSPS) is 13.7. The molecule has 0 N–H and O–H groups in total. The fourth-order valence-electron chi connectivity index (χ4n) is 8.29. The molecule has 0 spiro atoms. The third-order valence-electron chi connectivity index (χ3n) is 10.6. The van der Waals surface area contributed by atoms with Gasteiger partial charge in [0.05, 0.1) is 5.69 Å². The van der Waals surface area contributed by atoms with Crippen molar-refractivity contribution in [2.75, 3.05) is 4.90 Å². The van der Waals surface area contributed by atoms with Crippen LogP contribution in [0.25, 0.3) is 33.4 Å². The highest BCUT2D eigenvalue weighted by molar-refractivity contribution is 6.02. The summed E-state index contributed by atoms with van der Waals surface area (Å²) in [4.78, 5) is 2.45. The van der Waals surface area contributed by atoms with Crippen molar-refractivity contribution in [2.24, 2.45) is 0 Å². The van der Waals surface area contributed by atoms with E-state index in [-0.39, 0.29) is 5.41 Å². The Morgan fingerprint density at radius 1 is 0.500 bits per heavy atom. The molecule has 9 rings (SSSR count). The van der Waals surface area contributed by atoms with Crippen molar-refractivity contribution in [3.63, 3.8) is 0 Å². The fourth-order valence-corrected chi connectivity index (χ4v) is 8.29. The van der Waals surface area contributed by atoms with Gasteiger partial charge >= 0.3 is 0 Å². The zero-order valence-corrected chi connectivity index (χ0v) is 28.6. The number of para-hydroxylation sites is 1. The van der Waals surface area contributed by atoms with E-state index in [9.17, 15) is 0 Å². The van der Waals surface area contributed by atoms with E-state index in [1.807, 2.05) is 36.4 Å². The lowest BCUT2D eigenvalue weighted by molar-refractivity contribution is 0.483. The molecular formula is C48H39NO. The van der Waals surface area contributed by atoms with Gasteiger partial charge in [-0.05, 0) is 112 Å². The molecule has 0 fully saturated rings. The molecule has 2 nitrogen and oxygen atoms in total. The van der Waals surface area contributed by atoms with Crippen LogP contribution in [0.2, 0.25) is 0 Å². The number of fused-ring (bicyclic) bond motifs is 4. The maximum Gasteiger partial charge on any atom is 0.129 e. The zero-order chi connectivity index (χ0) is 33.7. The zero-order valence-electron chi connectivity index (χ0n) is 28.6. The topological polar surface area (TPSA) is 12.5 Å². The average molecular weight is 646 g/mol. The van der Waals surface area contributed by atoms with Crippen LogP contribution in [0.5, 0.6) is 11.5 Å². The van der Waals surface area contributed by atoms with Crippen LogP contribution in [0.1, 0.15) is 42.5 Å². The molecule has 0 heterocycles. The van der Waals surface area contributed by atoms with E-state index in [1.165, 1.54) is 67.7 Å². The number of aryl methyl sites for hydroxylation is 1. The van der Waals surface area contributed by atoms with E-state index >= 15 is 0 Å². The van der Waals surface area contributed by atoms with Gasteiger partial charge in [0.1, 0.15) is 11.5 Å². The molecule has 2 heteroatoms. The molecule has 0 saturated heterocycles. The standard InChI is InChI=1S/C48H39NO/c1-48(2)43-28-10-9-25-42(43)46-44(48)29-30-45(47(46)41-27-13-18-34-17-12-26-40(34)41)49(36-20-11-19-35(31-36)33-15-5-3-6-16-33)37-21-14-24-39(32-37)50-38-22-7-4-8-23-38/h3-11,13-16,18-25,27-32H,12,17,26H2,1-2H3. The quantitative estimate of drug-likeness (QED) is 0.171. The molecule has 0 aromatic heterocycles. The molecule has 242 valence electrons. The molecule has 0 bridgehead atoms. The first-order valence-electron chi connectivity index (χ1n) is 17.7. The SMILES string of the molecule is CC1(C)c2ccccc2-c2c1ccc(N(c1cccc(Oc3ccccc3)c1)c1cccc(-c3ccccc3)c1)c2-c1cccc2c1CCC2. The van der Waals surface area contributed by atoms with Gasteiger partial charge in [-0.25, -0.2) is 0 Å². The van der Waals surface area contributed by atoms with Crippen LogP contribution < -0.4 is 9.64 Å². The summed E-state index contributed by atoms with van der Waals surface area (Å²) >= 11 is 0. The van der Waals surface area contributed by atoms with Gasteiger partial charge in [0, 0.05) is 28.4 Å². The van der Waals surface area contributed by atoms with Gasteiger partial charge in [-0.1, -0.05) is 129 Å². The highest BCUT2D eigenvalue weighted by Crippen LogP contribution is 2.57. The lowest BCUT2D eigenvalue weighted by Gasteiger charge is -2.31. The van der Waals surface area contributed by atoms with Gasteiger partial charge in [-0.2, -0.15) is 0 Å². The van der Waals surface area contributed by atoms with Gasteiger partial charge in [-0.15, -0.1) is 0 Å². The Hall–Kier alpha value is -5.86. The Balaban J connectivity index is 1.33. The van der Waals surface area contributed by atoms with Crippen molar-refractivity contribution in [1.82, 2.24) is 0 Å². The van der Waals surface area contributed by atoms with Gasteiger partial charge < -0.3 is 9.64 Å². The minimum Gasteiger partial charge on any atom is -0.457 e. The van der Waals surface area contributed by atoms with Crippen LogP contribution in [0.4, 0.5) is 17.1 Å². The molecule has 0 unspecified atom stereocenters. The largest absolute Gasteiger partial charge is 0.457 e. The molecule has 0 radical (unpaired) electrons. The van der Waals surface area contributed by atoms with Crippen LogP contribution in [-0.2, 0) is 18.3 Å². The van der Waals surface area contributed by atoms with Crippen molar-refractivity contribution < 1.29 is 4.74 Å². The van der Waals surface area contributed by atoms with E-state index in [0.29, 0.717) is 0 Å². The van der Waals surface area contributed by atoms with E-state index in [1.54, 1.807) is 0 Å². The monoisotopic (exact) mass is 645 g/mol. The fraction of sp³-hybridized carbons (Fsp3) is 0.125. The predicted octanol–water partition coefficient (Wildman–Crippen LogP) is 13.1. The lowest BCUT2D eigenvalue weighted by Crippen LogP contribution is -2.16. The number of rotatable bonds is 7. The molecule has 0 amide bonds. The van der Waals surface area contributed by atoms with Crippen LogP contribution in [0, 0.1) is 0 Å². The number of hydrogen-bond donors (Lipinski definition) is 0. The third kappa shape index (κ3) is 5.11. The predicted molar refractivity (Wildman–Crippen MR) is 208 cm³/mol. The molecule has 7 aromatic rings. The summed E-state index contributed by atoms with van der Waals surface area (Å²) in [5.74, 6) is 1.62. The summed E-state index contributed by atoms with van der Waals surface area (Å²) in [5.41, 5.74) is 16.6. The van der Waals surface area contributed by atoms with Gasteiger partial charge in [-0.3, -0.25) is 0 Å². The van der Waals surface area contributed by atoms with E-state index in [2.05, 4.69) is 146 Å². The highest BCUT2D eigenvalue weighted by Gasteiger charge is 2.39. The smallest absolute Gasteiger partial charge is 0.129 e. The van der Waals surface area contributed by atoms with Crippen molar-refractivity contribution >= 4 is 17.1 Å². The number of hydrogen-bond acceptors (Lipinski definition) is 2. The Morgan fingerprint density at radius 2 is 1.16 bits per heavy atom. The second kappa shape index (κ2) is 12.2. The van der Waals surface area contributed by atoms with Crippen molar-refractivity contribution in [3.8, 4) is 44.9 Å². The van der Waals surface area contributed by atoms with Gasteiger partial charge in [0.15, 0.2) is 0 Å². The van der Waals surface area contributed by atoms with Gasteiger partial charge in [0.2, 0.25) is 0 Å². The first-order valence-corrected chi connectivity index (χ1v) is 17.7. The number of benzene rings is 7. The molecular weight excluding hydrogens is 607 g/mol. The first-order chi connectivity index (χ1) is 24.6. The number of anilines is 3. The summed E-state index contributed by atoms with van der Waals surface area (Å²) < 4.78 is 6.43. The summed E-state index contributed by atoms with van der Waals surface area (Å²) in [7, 11) is 0. The summed E-state index contributed by atoms with van der Waals surface area (Å²) in [6.45, 7) is 4.75. The Bertz CT molecular complexity index is 2360. The third-order valence-corrected chi connectivity index (χ3v) is 10.6. The summed E-state index contributed by atoms with van der Waals surface area (Å²) in [6, 6.07) is 58.9. The second-order valence-electron chi connectivity index (χ2n) is 14.0. The Morgan fingerprint density at radius 3 is 2.00 bits per heavy atom. The van der Waals surface area contributed by atoms with Crippen molar-refractivity contribution in [1.29, 1.82) is 0 Å². The van der Waals surface area contributed by atoms with E-state index in [4.69, 9.17) is 4.74 Å². The summed E-state index contributed by atoms with van der Waals surface area (Å²) in [6.07, 6.45) is 3.43. The molecule has 0 saturated carbocycles. The van der Waals surface area contributed by atoms with E-state index in [0.717, 1.165) is 35.7 Å². The van der Waals surface area contributed by atoms with Crippen LogP contribution in [0.15, 0.2) is 164 Å². The molecule has 0 aliphatic heterocycles. The van der Waals surface area contributed by atoms with Crippen LogP contribution in [-0.4, -0.2) is 0 Å². The lowest BCUT2D eigenvalue weighted by atomic mass is 9.81. The first kappa shape index (κ1) is 30.2. The minimum atomic E-state index is -0.112. The molecule has 0 atom stereocenters. The molecule has 2 aliphatic carbocycles. The second-order valence-corrected chi connectivity index (χ2v) is 14.0. The van der Waals surface area contributed by atoms with E-state index < -0.39 is 0 Å². The average Bonchev–Trinajstić information content (AvgIpc) is 3.74. The van der Waals surface area contributed by atoms with Crippen molar-refractivity contribution in [3.05, 3.63) is 186 Å².